The number of hydrogen-bond donors (Lipinski definition) is 1. The summed E-state index contributed by atoms with van der Waals surface area (Å²) in [5.41, 5.74) is 1.66. The molecule has 18 heavy (non-hydrogen) atoms. The Morgan fingerprint density at radius 3 is 2.78 bits per heavy atom. The topological polar surface area (TPSA) is 72.2 Å². The number of nitrogens with zero attached hydrogens (tertiary/aromatic N) is 1. The van der Waals surface area contributed by atoms with Gasteiger partial charge in [0, 0.05) is 11.8 Å². The van der Waals surface area contributed by atoms with Gasteiger partial charge in [0.15, 0.2) is 0 Å². The lowest BCUT2D eigenvalue weighted by atomic mass is 9.94. The molecule has 2 unspecified atom stereocenters. The summed E-state index contributed by atoms with van der Waals surface area (Å²) in [6.07, 6.45) is 6.52. The molecule has 1 rings (SSSR count). The fourth-order valence-corrected chi connectivity index (χ4v) is 2.72. The number of alkyl halides is 1. The molecule has 1 fully saturated rings. The third-order valence-corrected chi connectivity index (χ3v) is 3.79. The van der Waals surface area contributed by atoms with Crippen LogP contribution in [0, 0.1) is 16.0 Å². The number of amides is 1. The summed E-state index contributed by atoms with van der Waals surface area (Å²) in [4.78, 5) is 21.5. The summed E-state index contributed by atoms with van der Waals surface area (Å²) in [5.74, 6) is 0.158. The number of carbonyl (C=O) groups is 1. The Morgan fingerprint density at radius 2 is 2.22 bits per heavy atom. The van der Waals surface area contributed by atoms with Crippen LogP contribution in [0.4, 0.5) is 0 Å². The fourth-order valence-electron chi connectivity index (χ4n) is 1.80. The monoisotopic (exact) mass is 362 g/mol. The van der Waals surface area contributed by atoms with Crippen LogP contribution in [0.2, 0.25) is 0 Å². The number of nitrogens with one attached hydrogen (secondary N) is 1. The second kappa shape index (κ2) is 6.67. The molecule has 1 heterocycles. The van der Waals surface area contributed by atoms with Gasteiger partial charge in [0.05, 0.1) is 8.85 Å². The molecular weight excluding hydrogens is 347 g/mol. The summed E-state index contributed by atoms with van der Waals surface area (Å²) in [5, 5.41) is 13.1. The highest BCUT2D eigenvalue weighted by molar-refractivity contribution is 14.1. The SMILES string of the molecule is C/C=C1/NC(=O)C(I)CC(C)/C1=C/C=C/[N+](=O)[O-]. The molecule has 0 aliphatic carbocycles. The Hall–Kier alpha value is -1.18. The molecule has 6 heteroatoms. The summed E-state index contributed by atoms with van der Waals surface area (Å²) in [7, 11) is 0. The highest BCUT2D eigenvalue weighted by Crippen LogP contribution is 2.28. The standard InChI is InChI=1S/C12H15IN2O3/c1-3-11-9(5-4-6-15(17)18)8(2)7-10(13)12(16)14-11/h3-6,8,10H,7H2,1-2H3,(H,14,16)/b6-4+,9-5-,11-3+. The first-order valence-corrected chi connectivity index (χ1v) is 6.83. The van der Waals surface area contributed by atoms with Crippen LogP contribution in [0.1, 0.15) is 20.3 Å². The van der Waals surface area contributed by atoms with Crippen LogP contribution in [0.15, 0.2) is 35.7 Å². The minimum Gasteiger partial charge on any atom is -0.325 e. The lowest BCUT2D eigenvalue weighted by Crippen LogP contribution is -2.27. The van der Waals surface area contributed by atoms with E-state index in [9.17, 15) is 14.9 Å². The number of halogens is 1. The molecule has 0 spiro atoms. The Kier molecular flexibility index (Phi) is 5.52. The molecule has 0 aromatic carbocycles. The first-order valence-electron chi connectivity index (χ1n) is 5.59. The minimum atomic E-state index is -0.506. The zero-order valence-electron chi connectivity index (χ0n) is 10.2. The Bertz CT molecular complexity index is 441. The fraction of sp³-hybridized carbons (Fsp3) is 0.417. The summed E-state index contributed by atoms with van der Waals surface area (Å²) in [6, 6.07) is 0. The third kappa shape index (κ3) is 3.94. The van der Waals surface area contributed by atoms with E-state index < -0.39 is 4.92 Å². The highest BCUT2D eigenvalue weighted by atomic mass is 127. The molecule has 0 aromatic rings. The second-order valence-corrected chi connectivity index (χ2v) is 5.55. The van der Waals surface area contributed by atoms with Gasteiger partial charge in [0.2, 0.25) is 12.1 Å². The molecule has 2 atom stereocenters. The average Bonchev–Trinajstić information content (AvgIpc) is 2.39. The van der Waals surface area contributed by atoms with Gasteiger partial charge in [-0.15, -0.1) is 0 Å². The first-order chi connectivity index (χ1) is 8.45. The molecule has 1 aliphatic rings. The van der Waals surface area contributed by atoms with E-state index in [1.165, 1.54) is 6.08 Å². The second-order valence-electron chi connectivity index (χ2n) is 4.04. The van der Waals surface area contributed by atoms with E-state index in [2.05, 4.69) is 27.9 Å². The first kappa shape index (κ1) is 14.9. The van der Waals surface area contributed by atoms with Gasteiger partial charge in [-0.2, -0.15) is 0 Å². The van der Waals surface area contributed by atoms with Crippen molar-refractivity contribution in [3.8, 4) is 0 Å². The third-order valence-electron chi connectivity index (χ3n) is 2.72. The zero-order valence-corrected chi connectivity index (χ0v) is 12.4. The number of allylic oxidation sites excluding steroid dienone is 4. The maximum atomic E-state index is 11.7. The summed E-state index contributed by atoms with van der Waals surface area (Å²) >= 11 is 2.11. The van der Waals surface area contributed by atoms with Crippen molar-refractivity contribution in [1.82, 2.24) is 5.32 Å². The number of nitro groups is 1. The molecule has 1 amide bonds. The Labute approximate surface area is 119 Å². The van der Waals surface area contributed by atoms with Crippen molar-refractivity contribution in [3.63, 3.8) is 0 Å². The van der Waals surface area contributed by atoms with Gasteiger partial charge in [-0.25, -0.2) is 0 Å². The minimum absolute atomic E-state index is 0.0165. The molecule has 5 nitrogen and oxygen atoms in total. The van der Waals surface area contributed by atoms with E-state index in [1.54, 1.807) is 6.08 Å². The largest absolute Gasteiger partial charge is 0.325 e. The maximum Gasteiger partial charge on any atom is 0.237 e. The van der Waals surface area contributed by atoms with Crippen LogP contribution in [-0.4, -0.2) is 14.8 Å². The van der Waals surface area contributed by atoms with E-state index >= 15 is 0 Å². The van der Waals surface area contributed by atoms with Crippen LogP contribution in [0.25, 0.3) is 0 Å². The molecule has 1 saturated heterocycles. The van der Waals surface area contributed by atoms with Crippen molar-refractivity contribution < 1.29 is 9.72 Å². The van der Waals surface area contributed by atoms with Crippen molar-refractivity contribution in [2.75, 3.05) is 0 Å². The van der Waals surface area contributed by atoms with Crippen LogP contribution >= 0.6 is 22.6 Å². The predicted octanol–water partition coefficient (Wildman–Crippen LogP) is 2.57. The highest BCUT2D eigenvalue weighted by Gasteiger charge is 2.26. The van der Waals surface area contributed by atoms with Crippen molar-refractivity contribution in [2.45, 2.75) is 24.2 Å². The van der Waals surface area contributed by atoms with Gasteiger partial charge in [-0.1, -0.05) is 41.7 Å². The van der Waals surface area contributed by atoms with Gasteiger partial charge in [-0.3, -0.25) is 14.9 Å². The van der Waals surface area contributed by atoms with Crippen LogP contribution < -0.4 is 5.32 Å². The van der Waals surface area contributed by atoms with E-state index in [4.69, 9.17) is 0 Å². The number of hydrogen-bond acceptors (Lipinski definition) is 3. The maximum absolute atomic E-state index is 11.7. The molecule has 0 aromatic heterocycles. The van der Waals surface area contributed by atoms with E-state index in [0.717, 1.165) is 23.9 Å². The molecule has 0 radical (unpaired) electrons. The van der Waals surface area contributed by atoms with E-state index in [0.29, 0.717) is 0 Å². The van der Waals surface area contributed by atoms with Gasteiger partial charge in [0.1, 0.15) is 0 Å². The van der Waals surface area contributed by atoms with Crippen molar-refractivity contribution in [3.05, 3.63) is 45.8 Å². The van der Waals surface area contributed by atoms with Crippen molar-refractivity contribution in [1.29, 1.82) is 0 Å². The van der Waals surface area contributed by atoms with E-state index in [-0.39, 0.29) is 15.7 Å². The molecule has 0 bridgehead atoms. The average molecular weight is 362 g/mol. The van der Waals surface area contributed by atoms with Gasteiger partial charge >= 0.3 is 0 Å². The molecule has 1 N–H and O–H groups in total. The molecular formula is C12H15IN2O3. The van der Waals surface area contributed by atoms with Gasteiger partial charge in [-0.05, 0) is 24.8 Å². The van der Waals surface area contributed by atoms with E-state index in [1.807, 2.05) is 19.9 Å². The molecule has 98 valence electrons. The summed E-state index contributed by atoms with van der Waals surface area (Å²) in [6.45, 7) is 3.85. The Morgan fingerprint density at radius 1 is 1.56 bits per heavy atom. The molecule has 0 saturated carbocycles. The molecule has 1 aliphatic heterocycles. The predicted molar refractivity (Wildman–Crippen MR) is 77.7 cm³/mol. The van der Waals surface area contributed by atoms with Crippen molar-refractivity contribution >= 4 is 28.5 Å². The number of rotatable bonds is 2. The van der Waals surface area contributed by atoms with Crippen LogP contribution in [-0.2, 0) is 4.79 Å². The van der Waals surface area contributed by atoms with Crippen LogP contribution in [0.5, 0.6) is 0 Å². The van der Waals surface area contributed by atoms with Gasteiger partial charge in [0.25, 0.3) is 0 Å². The van der Waals surface area contributed by atoms with Crippen molar-refractivity contribution in [2.24, 2.45) is 5.92 Å². The lowest BCUT2D eigenvalue weighted by Gasteiger charge is -2.13. The smallest absolute Gasteiger partial charge is 0.237 e. The normalized spacial score (nSPS) is 29.6. The quantitative estimate of drug-likeness (QED) is 0.355. The number of carbonyl (C=O) groups excluding carboxylic acids is 1. The van der Waals surface area contributed by atoms with Gasteiger partial charge < -0.3 is 5.32 Å². The Balaban J connectivity index is 3.05. The summed E-state index contributed by atoms with van der Waals surface area (Å²) < 4.78 is -0.0852. The van der Waals surface area contributed by atoms with Crippen LogP contribution in [0.3, 0.4) is 0 Å². The lowest BCUT2D eigenvalue weighted by molar-refractivity contribution is -0.402. The zero-order chi connectivity index (χ0) is 13.7.